The second-order valence-electron chi connectivity index (χ2n) is 3.43. The largest absolute Gasteiger partial charge is 0.481 e. The van der Waals surface area contributed by atoms with E-state index in [2.05, 4.69) is 5.10 Å². The molecule has 0 aliphatic rings. The molecule has 1 N–H and O–H groups in total. The van der Waals surface area contributed by atoms with Crippen molar-refractivity contribution >= 4 is 11.6 Å². The first kappa shape index (κ1) is 10.4. The number of aryl methyl sites for hydroxylation is 1. The molecule has 2 aromatic heterocycles. The van der Waals surface area contributed by atoms with Crippen LogP contribution in [0.4, 0.5) is 0 Å². The fourth-order valence-electron chi connectivity index (χ4n) is 1.49. The Bertz CT molecular complexity index is 570. The summed E-state index contributed by atoms with van der Waals surface area (Å²) in [5.74, 6) is -0.864. The molecule has 0 fully saturated rings. The molecule has 2 heterocycles. The van der Waals surface area contributed by atoms with Crippen molar-refractivity contribution in [1.82, 2.24) is 14.2 Å². The van der Waals surface area contributed by atoms with E-state index in [1.165, 1.54) is 9.08 Å². The van der Waals surface area contributed by atoms with Gasteiger partial charge in [-0.2, -0.15) is 0 Å². The van der Waals surface area contributed by atoms with Crippen LogP contribution < -0.4 is 5.69 Å². The van der Waals surface area contributed by atoms with Crippen molar-refractivity contribution in [3.8, 4) is 0 Å². The predicted molar refractivity (Wildman–Crippen MR) is 56.3 cm³/mol. The molecular weight excluding hydrogens is 210 g/mol. The zero-order valence-corrected chi connectivity index (χ0v) is 8.54. The molecule has 0 aromatic carbocycles. The smallest absolute Gasteiger partial charge is 0.350 e. The van der Waals surface area contributed by atoms with Crippen molar-refractivity contribution in [3.63, 3.8) is 0 Å². The van der Waals surface area contributed by atoms with Gasteiger partial charge in [0, 0.05) is 19.2 Å². The van der Waals surface area contributed by atoms with Gasteiger partial charge in [0.05, 0.1) is 0 Å². The quantitative estimate of drug-likeness (QED) is 0.808. The number of carboxylic acid groups (broad SMARTS) is 1. The van der Waals surface area contributed by atoms with Crippen LogP contribution in [0.25, 0.3) is 5.65 Å². The van der Waals surface area contributed by atoms with Crippen LogP contribution in [0.5, 0.6) is 0 Å². The lowest BCUT2D eigenvalue weighted by atomic mass is 10.3. The van der Waals surface area contributed by atoms with Crippen molar-refractivity contribution in [1.29, 1.82) is 0 Å². The first-order chi connectivity index (χ1) is 7.68. The van der Waals surface area contributed by atoms with Gasteiger partial charge in [0.25, 0.3) is 0 Å². The average molecular weight is 221 g/mol. The van der Waals surface area contributed by atoms with Gasteiger partial charge in [0.2, 0.25) is 0 Å². The van der Waals surface area contributed by atoms with E-state index in [1.54, 1.807) is 24.4 Å². The van der Waals surface area contributed by atoms with E-state index in [1.807, 2.05) is 0 Å². The zero-order valence-electron chi connectivity index (χ0n) is 8.54. The Morgan fingerprint density at radius 1 is 1.44 bits per heavy atom. The van der Waals surface area contributed by atoms with Crippen LogP contribution >= 0.6 is 0 Å². The molecule has 0 atom stereocenters. The van der Waals surface area contributed by atoms with Gasteiger partial charge >= 0.3 is 11.7 Å². The summed E-state index contributed by atoms with van der Waals surface area (Å²) in [4.78, 5) is 22.1. The molecule has 0 aliphatic heterocycles. The summed E-state index contributed by atoms with van der Waals surface area (Å²) in [6.07, 6.45) is 2.08. The molecule has 0 amide bonds. The number of hydrogen-bond acceptors (Lipinski definition) is 3. The third-order valence-corrected chi connectivity index (χ3v) is 2.25. The number of nitrogens with zero attached hydrogens (tertiary/aromatic N) is 3. The predicted octanol–water partition coefficient (Wildman–Crippen LogP) is 0.361. The topological polar surface area (TPSA) is 76.6 Å². The lowest BCUT2D eigenvalue weighted by molar-refractivity contribution is -0.137. The number of pyridine rings is 1. The highest BCUT2D eigenvalue weighted by atomic mass is 16.4. The van der Waals surface area contributed by atoms with E-state index < -0.39 is 5.97 Å². The molecule has 84 valence electrons. The van der Waals surface area contributed by atoms with Gasteiger partial charge in [-0.1, -0.05) is 6.07 Å². The lowest BCUT2D eigenvalue weighted by Gasteiger charge is -1.95. The maximum absolute atomic E-state index is 11.7. The fraction of sp³-hybridized carbons (Fsp3) is 0.300. The molecule has 0 unspecified atom stereocenters. The standard InChI is InChI=1S/C10H11N3O3/c14-9(15)5-3-7-13-10(16)12-6-2-1-4-8(12)11-13/h1-2,4,6H,3,5,7H2,(H,14,15). The summed E-state index contributed by atoms with van der Waals surface area (Å²) < 4.78 is 2.72. The zero-order chi connectivity index (χ0) is 11.5. The highest BCUT2D eigenvalue weighted by molar-refractivity contribution is 5.66. The third kappa shape index (κ3) is 1.95. The molecule has 0 saturated carbocycles. The van der Waals surface area contributed by atoms with Crippen LogP contribution in [-0.2, 0) is 11.3 Å². The molecular formula is C10H11N3O3. The van der Waals surface area contributed by atoms with Crippen LogP contribution in [0.15, 0.2) is 29.2 Å². The molecule has 0 radical (unpaired) electrons. The van der Waals surface area contributed by atoms with E-state index >= 15 is 0 Å². The van der Waals surface area contributed by atoms with E-state index in [0.717, 1.165) is 0 Å². The Morgan fingerprint density at radius 3 is 2.94 bits per heavy atom. The Morgan fingerprint density at radius 2 is 2.25 bits per heavy atom. The van der Waals surface area contributed by atoms with Crippen molar-refractivity contribution in [2.24, 2.45) is 0 Å². The first-order valence-electron chi connectivity index (χ1n) is 4.94. The molecule has 0 saturated heterocycles. The molecule has 6 heteroatoms. The van der Waals surface area contributed by atoms with Crippen LogP contribution in [-0.4, -0.2) is 25.3 Å². The first-order valence-corrected chi connectivity index (χ1v) is 4.94. The molecule has 6 nitrogen and oxygen atoms in total. The molecule has 2 aromatic rings. The van der Waals surface area contributed by atoms with Crippen molar-refractivity contribution in [2.45, 2.75) is 19.4 Å². The fourth-order valence-corrected chi connectivity index (χ4v) is 1.49. The monoisotopic (exact) mass is 221 g/mol. The number of carboxylic acids is 1. The van der Waals surface area contributed by atoms with E-state index in [4.69, 9.17) is 5.11 Å². The van der Waals surface area contributed by atoms with Crippen LogP contribution in [0.2, 0.25) is 0 Å². The second-order valence-corrected chi connectivity index (χ2v) is 3.43. The Labute approximate surface area is 90.7 Å². The summed E-state index contributed by atoms with van der Waals surface area (Å²) in [5, 5.41) is 12.6. The number of aromatic nitrogens is 3. The molecule has 16 heavy (non-hydrogen) atoms. The number of fused-ring (bicyclic) bond motifs is 1. The van der Waals surface area contributed by atoms with E-state index in [0.29, 0.717) is 18.6 Å². The Balaban J connectivity index is 2.22. The minimum Gasteiger partial charge on any atom is -0.481 e. The second kappa shape index (κ2) is 4.18. The highest BCUT2D eigenvalue weighted by Gasteiger charge is 2.05. The summed E-state index contributed by atoms with van der Waals surface area (Å²) in [6.45, 7) is 0.326. The molecule has 2 rings (SSSR count). The SMILES string of the molecule is O=C(O)CCCn1nc2ccccn2c1=O. The van der Waals surface area contributed by atoms with E-state index in [-0.39, 0.29) is 12.1 Å². The Hall–Kier alpha value is -2.11. The molecule has 0 aliphatic carbocycles. The lowest BCUT2D eigenvalue weighted by Crippen LogP contribution is -2.21. The summed E-state index contributed by atoms with van der Waals surface area (Å²) in [6, 6.07) is 5.27. The average Bonchev–Trinajstić information content (AvgIpc) is 2.56. The third-order valence-electron chi connectivity index (χ3n) is 2.25. The number of carbonyl (C=O) groups is 1. The van der Waals surface area contributed by atoms with Gasteiger partial charge < -0.3 is 5.11 Å². The van der Waals surface area contributed by atoms with Crippen molar-refractivity contribution in [2.75, 3.05) is 0 Å². The van der Waals surface area contributed by atoms with Gasteiger partial charge in [-0.15, -0.1) is 5.10 Å². The van der Waals surface area contributed by atoms with Crippen LogP contribution in [0, 0.1) is 0 Å². The summed E-state index contributed by atoms with van der Waals surface area (Å²) in [7, 11) is 0. The van der Waals surface area contributed by atoms with Gasteiger partial charge in [0.15, 0.2) is 5.65 Å². The van der Waals surface area contributed by atoms with Gasteiger partial charge in [-0.05, 0) is 18.6 Å². The van der Waals surface area contributed by atoms with Gasteiger partial charge in [0.1, 0.15) is 0 Å². The maximum atomic E-state index is 11.7. The van der Waals surface area contributed by atoms with Crippen molar-refractivity contribution in [3.05, 3.63) is 34.9 Å². The number of aliphatic carboxylic acids is 1. The summed E-state index contributed by atoms with van der Waals surface area (Å²) >= 11 is 0. The number of hydrogen-bond donors (Lipinski definition) is 1. The minimum absolute atomic E-state index is 0.0420. The summed E-state index contributed by atoms with van der Waals surface area (Å²) in [5.41, 5.74) is 0.337. The van der Waals surface area contributed by atoms with Crippen LogP contribution in [0.3, 0.4) is 0 Å². The maximum Gasteiger partial charge on any atom is 0.350 e. The highest BCUT2D eigenvalue weighted by Crippen LogP contribution is 1.97. The molecule has 0 spiro atoms. The van der Waals surface area contributed by atoms with Gasteiger partial charge in [-0.3, -0.25) is 9.20 Å². The van der Waals surface area contributed by atoms with Gasteiger partial charge in [-0.25, -0.2) is 9.48 Å². The van der Waals surface area contributed by atoms with Crippen LogP contribution in [0.1, 0.15) is 12.8 Å². The molecule has 0 bridgehead atoms. The van der Waals surface area contributed by atoms with Crippen molar-refractivity contribution < 1.29 is 9.90 Å². The Kier molecular flexibility index (Phi) is 2.72. The normalized spacial score (nSPS) is 10.8. The van der Waals surface area contributed by atoms with E-state index in [9.17, 15) is 9.59 Å². The minimum atomic E-state index is -0.864. The number of rotatable bonds is 4.